The summed E-state index contributed by atoms with van der Waals surface area (Å²) >= 11 is 0. The van der Waals surface area contributed by atoms with E-state index in [1.807, 2.05) is 0 Å². The Morgan fingerprint density at radius 3 is 2.64 bits per heavy atom. The predicted molar refractivity (Wildman–Crippen MR) is 74.3 cm³/mol. The number of hydrogen-bond acceptors (Lipinski definition) is 3. The molecule has 114 valence electrons. The molecule has 0 atom stereocenters. The van der Waals surface area contributed by atoms with Gasteiger partial charge in [0.15, 0.2) is 5.82 Å². The highest BCUT2D eigenvalue weighted by molar-refractivity contribution is 5.78. The van der Waals surface area contributed by atoms with Crippen LogP contribution in [0.1, 0.15) is 34.5 Å². The molecule has 1 saturated carbocycles. The number of aromatic nitrogens is 2. The van der Waals surface area contributed by atoms with Crippen molar-refractivity contribution in [3.8, 4) is 11.4 Å². The summed E-state index contributed by atoms with van der Waals surface area (Å²) in [5, 5.41) is 0. The molecule has 0 N–H and O–H groups in total. The van der Waals surface area contributed by atoms with Crippen LogP contribution >= 0.6 is 0 Å². The van der Waals surface area contributed by atoms with Gasteiger partial charge in [-0.25, -0.2) is 9.97 Å². The summed E-state index contributed by atoms with van der Waals surface area (Å²) in [5.74, 6) is 0.591. The van der Waals surface area contributed by atoms with Crippen molar-refractivity contribution in [3.63, 3.8) is 0 Å². The molecule has 0 radical (unpaired) electrons. The van der Waals surface area contributed by atoms with Gasteiger partial charge in [0.25, 0.3) is 0 Å². The fourth-order valence-electron chi connectivity index (χ4n) is 2.34. The summed E-state index contributed by atoms with van der Waals surface area (Å²) in [5.41, 5.74) is 0.807. The number of halogens is 3. The number of carbonyl (C=O) groups is 1. The number of aldehydes is 1. The van der Waals surface area contributed by atoms with E-state index < -0.39 is 11.9 Å². The van der Waals surface area contributed by atoms with E-state index in [1.54, 1.807) is 12.1 Å². The first-order chi connectivity index (χ1) is 10.5. The summed E-state index contributed by atoms with van der Waals surface area (Å²) in [6.45, 7) is 0. The molecule has 0 unspecified atom stereocenters. The highest BCUT2D eigenvalue weighted by Gasteiger charge is 2.32. The van der Waals surface area contributed by atoms with Gasteiger partial charge in [0, 0.05) is 17.3 Å². The molecule has 0 spiro atoms. The first-order valence-corrected chi connectivity index (χ1v) is 6.95. The lowest BCUT2D eigenvalue weighted by molar-refractivity contribution is -0.141. The summed E-state index contributed by atoms with van der Waals surface area (Å²) in [6.07, 6.45) is 0.388. The zero-order valence-corrected chi connectivity index (χ0v) is 11.6. The normalized spacial score (nSPS) is 14.9. The van der Waals surface area contributed by atoms with Crippen LogP contribution in [0.5, 0.6) is 0 Å². The molecule has 1 aliphatic carbocycles. The van der Waals surface area contributed by atoms with E-state index in [1.165, 1.54) is 6.07 Å². The first kappa shape index (κ1) is 14.7. The molecule has 1 aromatic carbocycles. The number of alkyl halides is 3. The van der Waals surface area contributed by atoms with Crippen molar-refractivity contribution in [1.29, 1.82) is 0 Å². The Labute approximate surface area is 125 Å². The summed E-state index contributed by atoms with van der Waals surface area (Å²) in [7, 11) is 0. The third-order valence-corrected chi connectivity index (χ3v) is 3.58. The Bertz CT molecular complexity index is 709. The van der Waals surface area contributed by atoms with Crippen LogP contribution in [0.4, 0.5) is 13.2 Å². The van der Waals surface area contributed by atoms with E-state index in [9.17, 15) is 18.0 Å². The monoisotopic (exact) mass is 306 g/mol. The van der Waals surface area contributed by atoms with Crippen molar-refractivity contribution in [3.05, 3.63) is 47.3 Å². The van der Waals surface area contributed by atoms with E-state index in [-0.39, 0.29) is 5.82 Å². The minimum atomic E-state index is -4.52. The Morgan fingerprint density at radius 1 is 1.23 bits per heavy atom. The number of hydrogen-bond donors (Lipinski definition) is 0. The van der Waals surface area contributed by atoms with Crippen LogP contribution < -0.4 is 0 Å². The van der Waals surface area contributed by atoms with Gasteiger partial charge in [0.1, 0.15) is 12.0 Å². The van der Waals surface area contributed by atoms with Gasteiger partial charge < -0.3 is 0 Å². The van der Waals surface area contributed by atoms with Crippen molar-refractivity contribution in [1.82, 2.24) is 9.97 Å². The van der Waals surface area contributed by atoms with Crippen LogP contribution in [0.2, 0.25) is 0 Å². The number of benzene rings is 1. The standard InChI is InChI=1S/C16H13F3N2O/c17-16(18,19)14-3-4-20-15(21-14)13-7-11(5-10-1-2-10)6-12(8-13)9-22/h3-4,6-10H,1-2,5H2. The molecule has 1 aromatic heterocycles. The molecular weight excluding hydrogens is 293 g/mol. The maximum absolute atomic E-state index is 12.7. The van der Waals surface area contributed by atoms with Gasteiger partial charge in [-0.2, -0.15) is 13.2 Å². The van der Waals surface area contributed by atoms with Gasteiger partial charge in [-0.05, 0) is 55.0 Å². The minimum absolute atomic E-state index is 0.0180. The molecule has 0 saturated heterocycles. The Kier molecular flexibility index (Phi) is 3.68. The number of rotatable bonds is 4. The van der Waals surface area contributed by atoms with Crippen molar-refractivity contribution < 1.29 is 18.0 Å². The molecule has 1 heterocycles. The molecule has 1 aliphatic rings. The second kappa shape index (κ2) is 5.51. The lowest BCUT2D eigenvalue weighted by Crippen LogP contribution is -2.09. The highest BCUT2D eigenvalue weighted by Crippen LogP contribution is 2.34. The van der Waals surface area contributed by atoms with E-state index in [0.29, 0.717) is 23.3 Å². The third-order valence-electron chi connectivity index (χ3n) is 3.58. The third kappa shape index (κ3) is 3.32. The molecule has 3 rings (SSSR count). The Morgan fingerprint density at radius 2 is 2.00 bits per heavy atom. The zero-order chi connectivity index (χ0) is 15.7. The lowest BCUT2D eigenvalue weighted by Gasteiger charge is -2.09. The van der Waals surface area contributed by atoms with Crippen molar-refractivity contribution in [2.24, 2.45) is 5.92 Å². The Hall–Kier alpha value is -2.24. The van der Waals surface area contributed by atoms with Crippen LogP contribution in [-0.2, 0) is 12.6 Å². The SMILES string of the molecule is O=Cc1cc(CC2CC2)cc(-c2nccc(C(F)(F)F)n2)c1. The lowest BCUT2D eigenvalue weighted by atomic mass is 10.0. The van der Waals surface area contributed by atoms with Crippen LogP contribution in [0.25, 0.3) is 11.4 Å². The van der Waals surface area contributed by atoms with Crippen LogP contribution in [-0.4, -0.2) is 16.3 Å². The number of carbonyl (C=O) groups excluding carboxylic acids is 1. The molecule has 1 fully saturated rings. The fraction of sp³-hybridized carbons (Fsp3) is 0.312. The summed E-state index contributed by atoms with van der Waals surface area (Å²) < 4.78 is 38.2. The van der Waals surface area contributed by atoms with Gasteiger partial charge in [-0.1, -0.05) is 0 Å². The van der Waals surface area contributed by atoms with Gasteiger partial charge in [-0.3, -0.25) is 4.79 Å². The second-order valence-corrected chi connectivity index (χ2v) is 5.49. The van der Waals surface area contributed by atoms with E-state index in [0.717, 1.165) is 37.1 Å². The minimum Gasteiger partial charge on any atom is -0.298 e. The maximum Gasteiger partial charge on any atom is 0.433 e. The summed E-state index contributed by atoms with van der Waals surface area (Å²) in [4.78, 5) is 18.5. The molecule has 6 heteroatoms. The van der Waals surface area contributed by atoms with Crippen molar-refractivity contribution in [2.45, 2.75) is 25.4 Å². The largest absolute Gasteiger partial charge is 0.433 e. The molecule has 2 aromatic rings. The van der Waals surface area contributed by atoms with Gasteiger partial charge in [-0.15, -0.1) is 0 Å². The van der Waals surface area contributed by atoms with Crippen molar-refractivity contribution in [2.75, 3.05) is 0 Å². The van der Waals surface area contributed by atoms with Crippen LogP contribution in [0.15, 0.2) is 30.5 Å². The number of nitrogens with zero attached hydrogens (tertiary/aromatic N) is 2. The maximum atomic E-state index is 12.7. The van der Waals surface area contributed by atoms with Crippen LogP contribution in [0, 0.1) is 5.92 Å². The van der Waals surface area contributed by atoms with Crippen molar-refractivity contribution >= 4 is 6.29 Å². The molecule has 22 heavy (non-hydrogen) atoms. The molecule has 0 bridgehead atoms. The van der Waals surface area contributed by atoms with E-state index in [2.05, 4.69) is 9.97 Å². The quantitative estimate of drug-likeness (QED) is 0.804. The smallest absolute Gasteiger partial charge is 0.298 e. The molecule has 0 aliphatic heterocycles. The van der Waals surface area contributed by atoms with Gasteiger partial charge >= 0.3 is 6.18 Å². The first-order valence-electron chi connectivity index (χ1n) is 6.95. The average Bonchev–Trinajstić information content (AvgIpc) is 3.30. The Balaban J connectivity index is 2.01. The van der Waals surface area contributed by atoms with Crippen LogP contribution in [0.3, 0.4) is 0 Å². The second-order valence-electron chi connectivity index (χ2n) is 5.49. The summed E-state index contributed by atoms with van der Waals surface area (Å²) in [6, 6.07) is 5.88. The van der Waals surface area contributed by atoms with Gasteiger partial charge in [0.2, 0.25) is 0 Å². The molecule has 0 amide bonds. The molecular formula is C16H13F3N2O. The van der Waals surface area contributed by atoms with Gasteiger partial charge in [0.05, 0.1) is 0 Å². The fourth-order valence-corrected chi connectivity index (χ4v) is 2.34. The predicted octanol–water partition coefficient (Wildman–Crippen LogP) is 3.93. The van der Waals surface area contributed by atoms with E-state index >= 15 is 0 Å². The topological polar surface area (TPSA) is 42.9 Å². The highest BCUT2D eigenvalue weighted by atomic mass is 19.4. The average molecular weight is 306 g/mol. The van der Waals surface area contributed by atoms with E-state index in [4.69, 9.17) is 0 Å². The molecule has 3 nitrogen and oxygen atoms in total. The zero-order valence-electron chi connectivity index (χ0n) is 11.6.